The minimum Gasteiger partial charge on any atom is -0.490 e. The van der Waals surface area contributed by atoms with Crippen LogP contribution in [0.15, 0.2) is 49.2 Å². The highest BCUT2D eigenvalue weighted by Gasteiger charge is 2.26. The van der Waals surface area contributed by atoms with E-state index in [0.29, 0.717) is 12.2 Å². The van der Waals surface area contributed by atoms with Crippen LogP contribution in [0.5, 0.6) is 5.75 Å². The van der Waals surface area contributed by atoms with Gasteiger partial charge in [-0.3, -0.25) is 10.1 Å². The van der Waals surface area contributed by atoms with E-state index in [2.05, 4.69) is 21.8 Å². The van der Waals surface area contributed by atoms with Gasteiger partial charge in [0.25, 0.3) is 0 Å². The molecule has 2 aromatic heterocycles. The maximum atomic E-state index is 11.6. The number of methoxy groups -OCH3 is 1. The number of carbonyl (C=O) groups excluding carboxylic acids is 1. The Morgan fingerprint density at radius 3 is 2.96 bits per heavy atom. The number of ether oxygens (including phenoxy) is 2. The molecule has 130 valence electrons. The van der Waals surface area contributed by atoms with Crippen LogP contribution in [0, 0.1) is 0 Å². The Bertz CT molecular complexity index is 990. The third-order valence-electron chi connectivity index (χ3n) is 4.37. The van der Waals surface area contributed by atoms with Crippen molar-refractivity contribution in [2.75, 3.05) is 13.7 Å². The molecule has 26 heavy (non-hydrogen) atoms. The fourth-order valence-corrected chi connectivity index (χ4v) is 3.14. The quantitative estimate of drug-likeness (QED) is 0.442. The topological polar surface area (TPSA) is 77.1 Å². The van der Waals surface area contributed by atoms with Gasteiger partial charge in [-0.25, -0.2) is 4.79 Å². The van der Waals surface area contributed by atoms with Gasteiger partial charge in [0.05, 0.1) is 29.8 Å². The van der Waals surface area contributed by atoms with E-state index in [4.69, 9.17) is 9.47 Å². The standard InChI is InChI=1S/C20H17N3O3/c1-3-8-26-14-5-6-15-13(9-14)10-16-18(15)22-23-19(16)17-7-4-12(11-21-17)20(24)25-2/h3-7,9,11H,1,8,10H2,2H3,(H,22,23). The minimum absolute atomic E-state index is 0.404. The van der Waals surface area contributed by atoms with Crippen LogP contribution in [-0.4, -0.2) is 34.9 Å². The van der Waals surface area contributed by atoms with E-state index in [0.717, 1.165) is 40.4 Å². The smallest absolute Gasteiger partial charge is 0.339 e. The maximum absolute atomic E-state index is 11.6. The Hall–Kier alpha value is -3.41. The lowest BCUT2D eigenvalue weighted by Gasteiger charge is -2.06. The number of nitrogens with one attached hydrogen (secondary N) is 1. The van der Waals surface area contributed by atoms with Crippen LogP contribution in [0.4, 0.5) is 0 Å². The van der Waals surface area contributed by atoms with Crippen LogP contribution in [0.3, 0.4) is 0 Å². The van der Waals surface area contributed by atoms with Gasteiger partial charge in [0, 0.05) is 23.7 Å². The molecule has 1 N–H and O–H groups in total. The van der Waals surface area contributed by atoms with Crippen molar-refractivity contribution in [1.29, 1.82) is 0 Å². The summed E-state index contributed by atoms with van der Waals surface area (Å²) >= 11 is 0. The van der Waals surface area contributed by atoms with Crippen LogP contribution in [0.25, 0.3) is 22.6 Å². The number of fused-ring (bicyclic) bond motifs is 3. The molecule has 3 aromatic rings. The molecule has 1 aliphatic carbocycles. The number of benzene rings is 1. The molecule has 0 amide bonds. The zero-order chi connectivity index (χ0) is 18.1. The summed E-state index contributed by atoms with van der Waals surface area (Å²) in [5.74, 6) is 0.415. The van der Waals surface area contributed by atoms with Crippen molar-refractivity contribution in [2.24, 2.45) is 0 Å². The number of nitrogens with zero attached hydrogens (tertiary/aromatic N) is 2. The second-order valence-electron chi connectivity index (χ2n) is 5.94. The van der Waals surface area contributed by atoms with Gasteiger partial charge in [0.15, 0.2) is 0 Å². The third kappa shape index (κ3) is 2.65. The number of aromatic nitrogens is 3. The molecule has 4 rings (SSSR count). The molecule has 0 atom stereocenters. The normalized spacial score (nSPS) is 11.6. The molecule has 0 bridgehead atoms. The van der Waals surface area contributed by atoms with Gasteiger partial charge >= 0.3 is 5.97 Å². The number of H-pyrrole nitrogens is 1. The Morgan fingerprint density at radius 2 is 2.23 bits per heavy atom. The molecular weight excluding hydrogens is 330 g/mol. The third-order valence-corrected chi connectivity index (χ3v) is 4.37. The average Bonchev–Trinajstić information content (AvgIpc) is 3.24. The Labute approximate surface area is 150 Å². The van der Waals surface area contributed by atoms with Crippen molar-refractivity contribution in [3.8, 4) is 28.4 Å². The maximum Gasteiger partial charge on any atom is 0.339 e. The van der Waals surface area contributed by atoms with Gasteiger partial charge < -0.3 is 9.47 Å². The molecule has 6 heteroatoms. The fraction of sp³-hybridized carbons (Fsp3) is 0.150. The first-order valence-electron chi connectivity index (χ1n) is 8.20. The lowest BCUT2D eigenvalue weighted by Crippen LogP contribution is -2.02. The molecule has 1 aromatic carbocycles. The van der Waals surface area contributed by atoms with Gasteiger partial charge in [-0.1, -0.05) is 12.7 Å². The van der Waals surface area contributed by atoms with Gasteiger partial charge in [0.2, 0.25) is 0 Å². The molecule has 0 spiro atoms. The highest BCUT2D eigenvalue weighted by molar-refractivity contribution is 5.89. The Balaban J connectivity index is 1.64. The highest BCUT2D eigenvalue weighted by atomic mass is 16.5. The lowest BCUT2D eigenvalue weighted by molar-refractivity contribution is 0.0600. The largest absolute Gasteiger partial charge is 0.490 e. The van der Waals surface area contributed by atoms with Gasteiger partial charge in [0.1, 0.15) is 12.4 Å². The van der Waals surface area contributed by atoms with Crippen LogP contribution >= 0.6 is 0 Å². The Kier molecular flexibility index (Phi) is 4.01. The van der Waals surface area contributed by atoms with Crippen molar-refractivity contribution in [1.82, 2.24) is 15.2 Å². The number of pyridine rings is 1. The summed E-state index contributed by atoms with van der Waals surface area (Å²) in [5, 5.41) is 7.54. The molecule has 0 radical (unpaired) electrons. The van der Waals surface area contributed by atoms with Crippen LogP contribution < -0.4 is 4.74 Å². The summed E-state index contributed by atoms with van der Waals surface area (Å²) in [4.78, 5) is 15.9. The number of hydrogen-bond acceptors (Lipinski definition) is 5. The van der Waals surface area contributed by atoms with E-state index in [-0.39, 0.29) is 0 Å². The summed E-state index contributed by atoms with van der Waals surface area (Å²) in [5.41, 5.74) is 6.32. The van der Waals surface area contributed by atoms with Crippen molar-refractivity contribution < 1.29 is 14.3 Å². The summed E-state index contributed by atoms with van der Waals surface area (Å²) in [7, 11) is 1.35. The monoisotopic (exact) mass is 347 g/mol. The molecule has 0 fully saturated rings. The number of hydrogen-bond donors (Lipinski definition) is 1. The SMILES string of the molecule is C=CCOc1ccc2c(c1)Cc1c-2n[nH]c1-c1ccc(C(=O)OC)cn1. The predicted octanol–water partition coefficient (Wildman–Crippen LogP) is 3.39. The minimum atomic E-state index is -0.404. The zero-order valence-corrected chi connectivity index (χ0v) is 14.3. The molecule has 0 aliphatic heterocycles. The van der Waals surface area contributed by atoms with E-state index >= 15 is 0 Å². The number of rotatable bonds is 5. The molecule has 0 unspecified atom stereocenters. The van der Waals surface area contributed by atoms with Crippen molar-refractivity contribution >= 4 is 5.97 Å². The van der Waals surface area contributed by atoms with Crippen LogP contribution in [-0.2, 0) is 11.2 Å². The van der Waals surface area contributed by atoms with E-state index < -0.39 is 5.97 Å². The average molecular weight is 347 g/mol. The second kappa shape index (κ2) is 6.48. The lowest BCUT2D eigenvalue weighted by atomic mass is 10.1. The summed E-state index contributed by atoms with van der Waals surface area (Å²) in [6.07, 6.45) is 3.99. The molecule has 0 saturated heterocycles. The van der Waals surface area contributed by atoms with Crippen LogP contribution in [0.1, 0.15) is 21.5 Å². The van der Waals surface area contributed by atoms with Crippen molar-refractivity contribution in [3.63, 3.8) is 0 Å². The first-order valence-corrected chi connectivity index (χ1v) is 8.20. The van der Waals surface area contributed by atoms with Crippen LogP contribution in [0.2, 0.25) is 0 Å². The molecule has 6 nitrogen and oxygen atoms in total. The van der Waals surface area contributed by atoms with E-state index in [9.17, 15) is 4.79 Å². The summed E-state index contributed by atoms with van der Waals surface area (Å²) in [6.45, 7) is 4.14. The van der Waals surface area contributed by atoms with Gasteiger partial charge in [-0.15, -0.1) is 0 Å². The molecular formula is C20H17N3O3. The number of carbonyl (C=O) groups is 1. The summed E-state index contributed by atoms with van der Waals surface area (Å²) in [6, 6.07) is 9.50. The predicted molar refractivity (Wildman–Crippen MR) is 97.1 cm³/mol. The number of esters is 1. The first-order chi connectivity index (χ1) is 12.7. The molecule has 1 aliphatic rings. The Morgan fingerprint density at radius 1 is 1.35 bits per heavy atom. The number of aromatic amines is 1. The van der Waals surface area contributed by atoms with Gasteiger partial charge in [-0.2, -0.15) is 5.10 Å². The summed E-state index contributed by atoms with van der Waals surface area (Å²) < 4.78 is 10.3. The van der Waals surface area contributed by atoms with Crippen molar-refractivity contribution in [2.45, 2.75) is 6.42 Å². The fourth-order valence-electron chi connectivity index (χ4n) is 3.14. The highest BCUT2D eigenvalue weighted by Crippen LogP contribution is 2.40. The van der Waals surface area contributed by atoms with E-state index in [1.807, 2.05) is 18.2 Å². The van der Waals surface area contributed by atoms with E-state index in [1.165, 1.54) is 18.9 Å². The van der Waals surface area contributed by atoms with E-state index in [1.54, 1.807) is 18.2 Å². The van der Waals surface area contributed by atoms with Gasteiger partial charge in [-0.05, 0) is 35.9 Å². The van der Waals surface area contributed by atoms with Crippen molar-refractivity contribution in [3.05, 3.63) is 65.9 Å². The zero-order valence-electron chi connectivity index (χ0n) is 14.3. The first kappa shape index (κ1) is 16.1. The molecule has 0 saturated carbocycles. The second-order valence-corrected chi connectivity index (χ2v) is 5.94. The molecule has 2 heterocycles.